The molecule has 5 heteroatoms. The highest BCUT2D eigenvalue weighted by atomic mass is 16.5. The Hall–Kier alpha value is -2.01. The lowest BCUT2D eigenvalue weighted by Gasteiger charge is -2.18. The van der Waals surface area contributed by atoms with Crippen molar-refractivity contribution >= 4 is 5.95 Å². The Morgan fingerprint density at radius 1 is 1.18 bits per heavy atom. The Balaban J connectivity index is 1.59. The van der Waals surface area contributed by atoms with Gasteiger partial charge in [0.15, 0.2) is 0 Å². The number of anilines is 1. The van der Waals surface area contributed by atoms with Crippen molar-refractivity contribution < 1.29 is 4.74 Å². The van der Waals surface area contributed by atoms with Crippen LogP contribution in [0.1, 0.15) is 25.7 Å². The molecule has 116 valence electrons. The molecule has 1 fully saturated rings. The Labute approximate surface area is 131 Å². The highest BCUT2D eigenvalue weighted by molar-refractivity contribution is 5.54. The molecular formula is C17H22N4O. The van der Waals surface area contributed by atoms with Crippen molar-refractivity contribution in [3.05, 3.63) is 36.7 Å². The summed E-state index contributed by atoms with van der Waals surface area (Å²) in [5.41, 5.74) is 1.73. The van der Waals surface area contributed by atoms with Crippen LogP contribution >= 0.6 is 0 Å². The standard InChI is InChI=1S/C17H22N4O/c1-21(12-4-6-14-7-5-13-22-14)17-19-11-9-16(20-17)15-8-2-3-10-18-15/h2-3,8-11,14H,4-7,12-13H2,1H3. The summed E-state index contributed by atoms with van der Waals surface area (Å²) >= 11 is 0. The van der Waals surface area contributed by atoms with Gasteiger partial charge in [-0.25, -0.2) is 9.97 Å². The van der Waals surface area contributed by atoms with Crippen LogP contribution in [0.5, 0.6) is 0 Å². The SMILES string of the molecule is CN(CCCC1CCCO1)c1nccc(-c2ccccn2)n1. The van der Waals surface area contributed by atoms with Crippen molar-refractivity contribution in [2.24, 2.45) is 0 Å². The Kier molecular flexibility index (Phi) is 4.96. The molecule has 1 saturated heterocycles. The Bertz CT molecular complexity index is 584. The molecule has 0 bridgehead atoms. The first-order chi connectivity index (χ1) is 10.8. The predicted octanol–water partition coefficient (Wildman–Crippen LogP) is 2.93. The Morgan fingerprint density at radius 3 is 2.91 bits per heavy atom. The van der Waals surface area contributed by atoms with E-state index >= 15 is 0 Å². The highest BCUT2D eigenvalue weighted by Gasteiger charge is 2.15. The van der Waals surface area contributed by atoms with Crippen LogP contribution in [0.3, 0.4) is 0 Å². The van der Waals surface area contributed by atoms with E-state index in [1.54, 1.807) is 12.4 Å². The second kappa shape index (κ2) is 7.31. The van der Waals surface area contributed by atoms with Crippen molar-refractivity contribution in [1.29, 1.82) is 0 Å². The number of ether oxygens (including phenoxy) is 1. The minimum absolute atomic E-state index is 0.453. The van der Waals surface area contributed by atoms with E-state index in [0.717, 1.165) is 43.3 Å². The third-order valence-electron chi connectivity index (χ3n) is 3.96. The van der Waals surface area contributed by atoms with Gasteiger partial charge in [-0.05, 0) is 43.9 Å². The van der Waals surface area contributed by atoms with Crippen LogP contribution in [0.4, 0.5) is 5.95 Å². The average molecular weight is 298 g/mol. The summed E-state index contributed by atoms with van der Waals surface area (Å²) < 4.78 is 5.66. The predicted molar refractivity (Wildman–Crippen MR) is 86.7 cm³/mol. The lowest BCUT2D eigenvalue weighted by atomic mass is 10.1. The zero-order valence-corrected chi connectivity index (χ0v) is 13.0. The van der Waals surface area contributed by atoms with Crippen LogP contribution in [-0.2, 0) is 4.74 Å². The lowest BCUT2D eigenvalue weighted by molar-refractivity contribution is 0.103. The number of hydrogen-bond donors (Lipinski definition) is 0. The maximum absolute atomic E-state index is 5.66. The summed E-state index contributed by atoms with van der Waals surface area (Å²) in [5.74, 6) is 0.746. The van der Waals surface area contributed by atoms with Gasteiger partial charge in [-0.1, -0.05) is 6.07 Å². The zero-order chi connectivity index (χ0) is 15.2. The monoisotopic (exact) mass is 298 g/mol. The first kappa shape index (κ1) is 14.9. The zero-order valence-electron chi connectivity index (χ0n) is 13.0. The molecule has 1 atom stereocenters. The molecule has 0 saturated carbocycles. The quantitative estimate of drug-likeness (QED) is 0.820. The number of aromatic nitrogens is 3. The van der Waals surface area contributed by atoms with Crippen LogP contribution in [0.2, 0.25) is 0 Å². The van der Waals surface area contributed by atoms with Gasteiger partial charge >= 0.3 is 0 Å². The molecule has 0 aromatic carbocycles. The van der Waals surface area contributed by atoms with Crippen LogP contribution in [0.15, 0.2) is 36.7 Å². The molecule has 22 heavy (non-hydrogen) atoms. The van der Waals surface area contributed by atoms with Crippen molar-refractivity contribution in [2.75, 3.05) is 25.1 Å². The van der Waals surface area contributed by atoms with Crippen LogP contribution in [-0.4, -0.2) is 41.3 Å². The third kappa shape index (κ3) is 3.80. The maximum Gasteiger partial charge on any atom is 0.225 e. The van der Waals surface area contributed by atoms with Crippen molar-refractivity contribution in [3.63, 3.8) is 0 Å². The highest BCUT2D eigenvalue weighted by Crippen LogP contribution is 2.18. The van der Waals surface area contributed by atoms with Crippen molar-refractivity contribution in [2.45, 2.75) is 31.8 Å². The first-order valence-electron chi connectivity index (χ1n) is 7.90. The fraction of sp³-hybridized carbons (Fsp3) is 0.471. The van der Waals surface area contributed by atoms with Crippen molar-refractivity contribution in [1.82, 2.24) is 15.0 Å². The van der Waals surface area contributed by atoms with Gasteiger partial charge in [0.2, 0.25) is 5.95 Å². The van der Waals surface area contributed by atoms with Gasteiger partial charge in [-0.15, -0.1) is 0 Å². The topological polar surface area (TPSA) is 51.1 Å². The second-order valence-corrected chi connectivity index (χ2v) is 5.66. The fourth-order valence-electron chi connectivity index (χ4n) is 2.72. The normalized spacial score (nSPS) is 17.6. The fourth-order valence-corrected chi connectivity index (χ4v) is 2.72. The average Bonchev–Trinajstić information content (AvgIpc) is 3.09. The van der Waals surface area contributed by atoms with Gasteiger partial charge in [0.1, 0.15) is 0 Å². The van der Waals surface area contributed by atoms with Gasteiger partial charge in [0, 0.05) is 32.6 Å². The molecule has 0 radical (unpaired) electrons. The maximum atomic E-state index is 5.66. The van der Waals surface area contributed by atoms with E-state index < -0.39 is 0 Å². The molecule has 3 rings (SSSR count). The summed E-state index contributed by atoms with van der Waals surface area (Å²) in [5, 5.41) is 0. The summed E-state index contributed by atoms with van der Waals surface area (Å²) in [6, 6.07) is 7.73. The van der Waals surface area contributed by atoms with Crippen LogP contribution < -0.4 is 4.90 Å². The molecule has 5 nitrogen and oxygen atoms in total. The summed E-state index contributed by atoms with van der Waals surface area (Å²) in [6.07, 6.45) is 8.65. The largest absolute Gasteiger partial charge is 0.378 e. The molecule has 1 unspecified atom stereocenters. The van der Waals surface area contributed by atoms with Gasteiger partial charge < -0.3 is 9.64 Å². The molecule has 2 aromatic heterocycles. The molecule has 0 amide bonds. The molecule has 1 aliphatic heterocycles. The van der Waals surface area contributed by atoms with E-state index in [4.69, 9.17) is 4.74 Å². The third-order valence-corrected chi connectivity index (χ3v) is 3.96. The molecule has 1 aliphatic rings. The summed E-state index contributed by atoms with van der Waals surface area (Å²) in [6.45, 7) is 1.86. The number of hydrogen-bond acceptors (Lipinski definition) is 5. The van der Waals surface area contributed by atoms with E-state index in [1.807, 2.05) is 31.3 Å². The molecule has 3 heterocycles. The van der Waals surface area contributed by atoms with Gasteiger partial charge in [0.25, 0.3) is 0 Å². The summed E-state index contributed by atoms with van der Waals surface area (Å²) in [4.78, 5) is 15.4. The molecular weight excluding hydrogens is 276 g/mol. The molecule has 0 N–H and O–H groups in total. The van der Waals surface area contributed by atoms with E-state index in [-0.39, 0.29) is 0 Å². The molecule has 2 aromatic rings. The number of nitrogens with zero attached hydrogens (tertiary/aromatic N) is 4. The molecule has 0 aliphatic carbocycles. The van der Waals surface area contributed by atoms with Gasteiger partial charge in [-0.3, -0.25) is 4.98 Å². The molecule has 0 spiro atoms. The van der Waals surface area contributed by atoms with Crippen LogP contribution in [0.25, 0.3) is 11.4 Å². The van der Waals surface area contributed by atoms with Crippen LogP contribution in [0, 0.1) is 0 Å². The van der Waals surface area contributed by atoms with Gasteiger partial charge in [0.05, 0.1) is 17.5 Å². The van der Waals surface area contributed by atoms with E-state index in [2.05, 4.69) is 19.9 Å². The van der Waals surface area contributed by atoms with Crippen molar-refractivity contribution in [3.8, 4) is 11.4 Å². The van der Waals surface area contributed by atoms with E-state index in [9.17, 15) is 0 Å². The van der Waals surface area contributed by atoms with E-state index in [1.165, 1.54) is 12.8 Å². The van der Waals surface area contributed by atoms with E-state index in [0.29, 0.717) is 6.10 Å². The minimum atomic E-state index is 0.453. The van der Waals surface area contributed by atoms with Gasteiger partial charge in [-0.2, -0.15) is 0 Å². The minimum Gasteiger partial charge on any atom is -0.378 e. The summed E-state index contributed by atoms with van der Waals surface area (Å²) in [7, 11) is 2.03. The first-order valence-corrected chi connectivity index (χ1v) is 7.90. The lowest BCUT2D eigenvalue weighted by Crippen LogP contribution is -2.22. The Morgan fingerprint density at radius 2 is 2.14 bits per heavy atom. The number of rotatable bonds is 6. The second-order valence-electron chi connectivity index (χ2n) is 5.66. The smallest absolute Gasteiger partial charge is 0.225 e. The number of pyridine rings is 1.